The van der Waals surface area contributed by atoms with Gasteiger partial charge in [0.05, 0.1) is 5.92 Å². The molecule has 0 aliphatic heterocycles. The van der Waals surface area contributed by atoms with Gasteiger partial charge in [-0.2, -0.15) is 0 Å². The highest BCUT2D eigenvalue weighted by molar-refractivity contribution is 7.90. The fourth-order valence-corrected chi connectivity index (χ4v) is 3.47. The Bertz CT molecular complexity index is 589. The predicted octanol–water partition coefficient (Wildman–Crippen LogP) is 1.29. The Morgan fingerprint density at radius 1 is 1.50 bits per heavy atom. The second kappa shape index (κ2) is 4.11. The molecule has 1 aromatic rings. The average Bonchev–Trinajstić information content (AvgIpc) is 2.70. The fourth-order valence-electron chi connectivity index (χ4n) is 1.61. The lowest BCUT2D eigenvalue weighted by Crippen LogP contribution is -2.33. The maximum absolute atomic E-state index is 12.0. The summed E-state index contributed by atoms with van der Waals surface area (Å²) in [6.07, 6.45) is 0.235. The molecule has 1 N–H and O–H groups in total. The average molecular weight is 313 g/mol. The number of alkyl halides is 2. The van der Waals surface area contributed by atoms with Crippen LogP contribution in [0.5, 0.6) is 0 Å². The summed E-state index contributed by atoms with van der Waals surface area (Å²) in [7, 11) is -4.01. The summed E-state index contributed by atoms with van der Waals surface area (Å²) in [5.41, 5.74) is 0.187. The van der Waals surface area contributed by atoms with Gasteiger partial charge in [-0.15, -0.1) is 23.2 Å². The van der Waals surface area contributed by atoms with Crippen molar-refractivity contribution in [3.63, 3.8) is 0 Å². The highest BCUT2D eigenvalue weighted by Crippen LogP contribution is 2.53. The van der Waals surface area contributed by atoms with Crippen LogP contribution < -0.4 is 4.72 Å². The molecule has 0 spiro atoms. The first-order valence-corrected chi connectivity index (χ1v) is 7.26. The minimum absolute atomic E-state index is 0.117. The predicted molar refractivity (Wildman–Crippen MR) is 63.8 cm³/mol. The molecule has 1 heterocycles. The van der Waals surface area contributed by atoms with Gasteiger partial charge in [0, 0.05) is 0 Å². The van der Waals surface area contributed by atoms with E-state index in [0.717, 1.165) is 0 Å². The van der Waals surface area contributed by atoms with Gasteiger partial charge in [0.25, 0.3) is 10.0 Å². The smallest absolute Gasteiger partial charge is 0.269 e. The lowest BCUT2D eigenvalue weighted by atomic mass is 10.4. The molecule has 1 fully saturated rings. The van der Waals surface area contributed by atoms with Gasteiger partial charge in [-0.25, -0.2) is 13.1 Å². The topological polar surface area (TPSA) is 89.3 Å². The first-order chi connectivity index (χ1) is 8.15. The Balaban J connectivity index is 2.21. The third-order valence-electron chi connectivity index (χ3n) is 2.61. The van der Waals surface area contributed by atoms with Gasteiger partial charge in [-0.3, -0.25) is 4.79 Å². The van der Waals surface area contributed by atoms with Gasteiger partial charge < -0.3 is 4.52 Å². The number of amides is 1. The minimum Gasteiger partial charge on any atom is -0.360 e. The largest absolute Gasteiger partial charge is 0.360 e. The molecular weight excluding hydrogens is 303 g/mol. The van der Waals surface area contributed by atoms with E-state index in [-0.39, 0.29) is 22.8 Å². The second-order valence-electron chi connectivity index (χ2n) is 4.14. The van der Waals surface area contributed by atoms with Gasteiger partial charge in [-0.1, -0.05) is 5.16 Å². The van der Waals surface area contributed by atoms with E-state index in [4.69, 9.17) is 27.7 Å². The van der Waals surface area contributed by atoms with Crippen molar-refractivity contribution in [2.24, 2.45) is 5.92 Å². The minimum atomic E-state index is -4.01. The standard InChI is InChI=1S/C9H10Cl2N2O4S/c1-4-7(5(2)17-12-4)18(15,16)13-8(14)6-3-9(6,10)11/h6H,3H2,1-2H3,(H,13,14). The summed E-state index contributed by atoms with van der Waals surface area (Å²) in [5, 5.41) is 3.52. The molecule has 0 aromatic carbocycles. The number of rotatable bonds is 3. The van der Waals surface area contributed by atoms with E-state index in [2.05, 4.69) is 5.16 Å². The SMILES string of the molecule is Cc1noc(C)c1S(=O)(=O)NC(=O)C1CC1(Cl)Cl. The fraction of sp³-hybridized carbons (Fsp3) is 0.556. The molecule has 1 aromatic heterocycles. The molecule has 1 amide bonds. The molecule has 1 saturated carbocycles. The maximum Gasteiger partial charge on any atom is 0.269 e. The van der Waals surface area contributed by atoms with Gasteiger partial charge in [0.2, 0.25) is 5.91 Å². The number of halogens is 2. The molecule has 1 atom stereocenters. The lowest BCUT2D eigenvalue weighted by molar-refractivity contribution is -0.120. The maximum atomic E-state index is 12.0. The first kappa shape index (κ1) is 13.6. The summed E-state index contributed by atoms with van der Waals surface area (Å²) in [6, 6.07) is 0. The molecule has 0 radical (unpaired) electrons. The zero-order valence-corrected chi connectivity index (χ0v) is 11.9. The van der Waals surface area contributed by atoms with Gasteiger partial charge >= 0.3 is 0 Å². The van der Waals surface area contributed by atoms with Crippen LogP contribution in [0.4, 0.5) is 0 Å². The van der Waals surface area contributed by atoms with Crippen LogP contribution in [-0.4, -0.2) is 23.8 Å². The zero-order chi connectivity index (χ0) is 13.7. The number of hydrogen-bond donors (Lipinski definition) is 1. The lowest BCUT2D eigenvalue weighted by Gasteiger charge is -2.06. The molecule has 6 nitrogen and oxygen atoms in total. The van der Waals surface area contributed by atoms with Crippen LogP contribution >= 0.6 is 23.2 Å². The van der Waals surface area contributed by atoms with Crippen LogP contribution in [0.3, 0.4) is 0 Å². The molecule has 1 unspecified atom stereocenters. The Kier molecular flexibility index (Phi) is 3.11. The highest BCUT2D eigenvalue weighted by Gasteiger charge is 2.57. The molecule has 0 saturated heterocycles. The van der Waals surface area contributed by atoms with Crippen molar-refractivity contribution in [2.75, 3.05) is 0 Å². The van der Waals surface area contributed by atoms with Gasteiger partial charge in [-0.05, 0) is 20.3 Å². The number of hydrogen-bond acceptors (Lipinski definition) is 5. The van der Waals surface area contributed by atoms with Crippen LogP contribution in [0.2, 0.25) is 0 Å². The molecule has 9 heteroatoms. The van der Waals surface area contributed by atoms with Crippen molar-refractivity contribution in [3.8, 4) is 0 Å². The van der Waals surface area contributed by atoms with Crippen LogP contribution in [-0.2, 0) is 14.8 Å². The van der Waals surface area contributed by atoms with Crippen LogP contribution in [0.15, 0.2) is 9.42 Å². The van der Waals surface area contributed by atoms with Crippen LogP contribution in [0.25, 0.3) is 0 Å². The van der Waals surface area contributed by atoms with E-state index in [1.54, 1.807) is 0 Å². The Morgan fingerprint density at radius 3 is 2.44 bits per heavy atom. The van der Waals surface area contributed by atoms with E-state index in [9.17, 15) is 13.2 Å². The van der Waals surface area contributed by atoms with Crippen molar-refractivity contribution in [1.82, 2.24) is 9.88 Å². The van der Waals surface area contributed by atoms with E-state index in [1.165, 1.54) is 13.8 Å². The first-order valence-electron chi connectivity index (χ1n) is 5.02. The third-order valence-corrected chi connectivity index (χ3v) is 5.04. The number of nitrogens with one attached hydrogen (secondary N) is 1. The summed E-state index contributed by atoms with van der Waals surface area (Å²) in [4.78, 5) is 11.5. The molecule has 0 bridgehead atoms. The quantitative estimate of drug-likeness (QED) is 0.849. The van der Waals surface area contributed by atoms with Crippen molar-refractivity contribution < 1.29 is 17.7 Å². The van der Waals surface area contributed by atoms with Crippen molar-refractivity contribution in [2.45, 2.75) is 29.5 Å². The molecule has 1 aliphatic carbocycles. The number of carbonyl (C=O) groups excluding carboxylic acids is 1. The summed E-state index contributed by atoms with van der Waals surface area (Å²) < 4.78 is 29.4. The third kappa shape index (κ3) is 2.34. The normalized spacial score (nSPS) is 21.7. The van der Waals surface area contributed by atoms with E-state index < -0.39 is 26.2 Å². The van der Waals surface area contributed by atoms with Crippen LogP contribution in [0, 0.1) is 19.8 Å². The summed E-state index contributed by atoms with van der Waals surface area (Å²) in [6.45, 7) is 2.92. The number of sulfonamides is 1. The Hall–Kier alpha value is -0.790. The molecule has 100 valence electrons. The molecular formula is C9H10Cl2N2O4S. The van der Waals surface area contributed by atoms with Gasteiger partial charge in [0.15, 0.2) is 10.7 Å². The number of nitrogens with zero attached hydrogens (tertiary/aromatic N) is 1. The molecule has 1 aliphatic rings. The second-order valence-corrected chi connectivity index (χ2v) is 7.30. The monoisotopic (exact) mass is 312 g/mol. The summed E-state index contributed by atoms with van der Waals surface area (Å²) in [5.74, 6) is -1.32. The van der Waals surface area contributed by atoms with E-state index in [1.807, 2.05) is 4.72 Å². The van der Waals surface area contributed by atoms with Crippen molar-refractivity contribution in [3.05, 3.63) is 11.5 Å². The number of carbonyl (C=O) groups is 1. The summed E-state index contributed by atoms with van der Waals surface area (Å²) >= 11 is 11.4. The molecule has 18 heavy (non-hydrogen) atoms. The Labute approximate surface area is 114 Å². The number of aryl methyl sites for hydroxylation is 2. The molecule has 2 rings (SSSR count). The number of aromatic nitrogens is 1. The van der Waals surface area contributed by atoms with Gasteiger partial charge in [0.1, 0.15) is 10.0 Å². The Morgan fingerprint density at radius 2 is 2.06 bits per heavy atom. The van der Waals surface area contributed by atoms with E-state index >= 15 is 0 Å². The van der Waals surface area contributed by atoms with Crippen molar-refractivity contribution in [1.29, 1.82) is 0 Å². The zero-order valence-electron chi connectivity index (χ0n) is 9.53. The highest BCUT2D eigenvalue weighted by atomic mass is 35.5. The van der Waals surface area contributed by atoms with E-state index in [0.29, 0.717) is 0 Å². The van der Waals surface area contributed by atoms with Crippen LogP contribution in [0.1, 0.15) is 17.9 Å². The van der Waals surface area contributed by atoms with Crippen molar-refractivity contribution >= 4 is 39.1 Å².